The van der Waals surface area contributed by atoms with Gasteiger partial charge in [-0.05, 0) is 0 Å². The van der Waals surface area contributed by atoms with Gasteiger partial charge in [0.25, 0.3) is 0 Å². The Bertz CT molecular complexity index is 616. The van der Waals surface area contributed by atoms with Crippen molar-refractivity contribution in [3.8, 4) is 0 Å². The van der Waals surface area contributed by atoms with E-state index in [0.717, 1.165) is 12.8 Å². The standard InChI is InChI=1S/C7H8BN.2C5H5.2ClH.Zr/c1-9(8)7-5-3-2-4-6-7;2*1-2-4-5-3-1;;;/h2-6H,1H3;2*1-3H,4H2;2*1H;/q;;;;;+2/p-2. The SMILES string of the molecule is CN([B]=[Zr+2]([C]1=CC=CC1)[C]1=CC=CC1)c1ccccc1.[Cl-].[Cl-]. The number of para-hydroxylation sites is 1. The van der Waals surface area contributed by atoms with Crippen molar-refractivity contribution >= 4 is 10.2 Å². The van der Waals surface area contributed by atoms with Crippen molar-refractivity contribution in [1.29, 1.82) is 0 Å². The molecule has 22 heavy (non-hydrogen) atoms. The van der Waals surface area contributed by atoms with E-state index < -0.39 is 21.0 Å². The first-order valence-electron chi connectivity index (χ1n) is 7.06. The first kappa shape index (κ1) is 19.6. The van der Waals surface area contributed by atoms with E-state index in [-0.39, 0.29) is 24.8 Å². The van der Waals surface area contributed by atoms with Gasteiger partial charge in [0.2, 0.25) is 0 Å². The molecule has 0 radical (unpaired) electrons. The minimum absolute atomic E-state index is 0. The van der Waals surface area contributed by atoms with Crippen LogP contribution in [0.1, 0.15) is 12.8 Å². The second-order valence-electron chi connectivity index (χ2n) is 5.14. The first-order valence-corrected chi connectivity index (χ1v) is 10.9. The van der Waals surface area contributed by atoms with Crippen LogP contribution >= 0.6 is 0 Å². The molecule has 0 aliphatic heterocycles. The zero-order valence-electron chi connectivity index (χ0n) is 12.5. The fourth-order valence-electron chi connectivity index (χ4n) is 2.60. The number of rotatable bonds is 4. The average Bonchev–Trinajstić information content (AvgIpc) is 3.19. The summed E-state index contributed by atoms with van der Waals surface area (Å²) in [6.07, 6.45) is 16.0. The Kier molecular flexibility index (Phi) is 8.54. The number of halogens is 2. The summed E-state index contributed by atoms with van der Waals surface area (Å²) in [4.78, 5) is 2.33. The predicted molar refractivity (Wildman–Crippen MR) is 84.3 cm³/mol. The van der Waals surface area contributed by atoms with Crippen LogP contribution in [0.15, 0.2) is 73.3 Å². The summed E-state index contributed by atoms with van der Waals surface area (Å²) in [5, 5.41) is 0. The molecule has 5 heteroatoms. The van der Waals surface area contributed by atoms with E-state index in [9.17, 15) is 0 Å². The summed E-state index contributed by atoms with van der Waals surface area (Å²) in [6, 6.07) is 10.6. The van der Waals surface area contributed by atoms with Crippen molar-refractivity contribution in [3.05, 3.63) is 73.3 Å². The molecular weight excluding hydrogens is 391 g/mol. The Hall–Kier alpha value is -0.492. The van der Waals surface area contributed by atoms with Gasteiger partial charge in [-0.25, -0.2) is 0 Å². The van der Waals surface area contributed by atoms with Gasteiger partial charge in [-0.15, -0.1) is 0 Å². The number of benzene rings is 1. The Morgan fingerprint density at radius 3 is 1.91 bits per heavy atom. The van der Waals surface area contributed by atoms with Crippen LogP contribution in [-0.2, 0) is 21.0 Å². The molecule has 0 fully saturated rings. The van der Waals surface area contributed by atoms with Gasteiger partial charge in [-0.1, -0.05) is 0 Å². The molecule has 0 atom stereocenters. The molecule has 0 saturated carbocycles. The molecule has 112 valence electrons. The molecule has 0 amide bonds. The third-order valence-electron chi connectivity index (χ3n) is 3.72. The van der Waals surface area contributed by atoms with Crippen LogP contribution in [0, 0.1) is 0 Å². The Morgan fingerprint density at radius 1 is 0.909 bits per heavy atom. The number of anilines is 1. The Balaban J connectivity index is 0.00000121. The van der Waals surface area contributed by atoms with Crippen LogP contribution in [0.4, 0.5) is 5.69 Å². The average molecular weight is 409 g/mol. The zero-order valence-corrected chi connectivity index (χ0v) is 16.5. The maximum absolute atomic E-state index is 2.54. The van der Waals surface area contributed by atoms with E-state index in [0.29, 0.717) is 0 Å². The molecule has 0 heterocycles. The van der Waals surface area contributed by atoms with Gasteiger partial charge in [0.1, 0.15) is 0 Å². The van der Waals surface area contributed by atoms with Crippen molar-refractivity contribution in [1.82, 2.24) is 0 Å². The van der Waals surface area contributed by atoms with Crippen LogP contribution in [-0.4, -0.2) is 11.6 Å². The third-order valence-corrected chi connectivity index (χ3v) is 10.5. The van der Waals surface area contributed by atoms with E-state index in [1.54, 1.807) is 6.56 Å². The third kappa shape index (κ3) is 4.75. The molecule has 1 aromatic carbocycles. The zero-order chi connectivity index (χ0) is 13.8. The van der Waals surface area contributed by atoms with Gasteiger partial charge in [0.15, 0.2) is 0 Å². The summed E-state index contributed by atoms with van der Waals surface area (Å²) in [6.45, 7) is 0. The van der Waals surface area contributed by atoms with Gasteiger partial charge in [-0.2, -0.15) is 0 Å². The molecule has 2 aliphatic carbocycles. The summed E-state index contributed by atoms with van der Waals surface area (Å²) >= 11 is -1.82. The molecule has 1 aromatic rings. The second kappa shape index (κ2) is 9.60. The van der Waals surface area contributed by atoms with E-state index in [4.69, 9.17) is 0 Å². The van der Waals surface area contributed by atoms with E-state index in [2.05, 4.69) is 83.2 Å². The van der Waals surface area contributed by atoms with Crippen molar-refractivity contribution in [3.63, 3.8) is 0 Å². The second-order valence-corrected chi connectivity index (χ2v) is 11.0. The molecular formula is C17H18BCl2NZr. The summed E-state index contributed by atoms with van der Waals surface area (Å²) in [7, 11) is 2.18. The van der Waals surface area contributed by atoms with Gasteiger partial charge < -0.3 is 24.8 Å². The number of nitrogens with zero attached hydrogens (tertiary/aromatic N) is 1. The molecule has 1 nitrogen and oxygen atoms in total. The monoisotopic (exact) mass is 407 g/mol. The smallest absolute Gasteiger partial charge is 1.00 e. The van der Waals surface area contributed by atoms with Crippen LogP contribution in [0.25, 0.3) is 0 Å². The van der Waals surface area contributed by atoms with Crippen LogP contribution < -0.4 is 29.6 Å². The maximum Gasteiger partial charge on any atom is -1.00 e. The summed E-state index contributed by atoms with van der Waals surface area (Å²) in [5.41, 5.74) is 1.28. The summed E-state index contributed by atoms with van der Waals surface area (Å²) in [5.74, 6) is 0. The Morgan fingerprint density at radius 2 is 1.45 bits per heavy atom. The number of hydrogen-bond acceptors (Lipinski definition) is 1. The molecule has 0 N–H and O–H groups in total. The summed E-state index contributed by atoms with van der Waals surface area (Å²) < 4.78 is 5.91. The molecule has 0 saturated heterocycles. The van der Waals surface area contributed by atoms with Crippen molar-refractivity contribution in [2.75, 3.05) is 11.9 Å². The van der Waals surface area contributed by atoms with Crippen molar-refractivity contribution in [2.24, 2.45) is 0 Å². The van der Waals surface area contributed by atoms with E-state index in [1.807, 2.05) is 0 Å². The minimum Gasteiger partial charge on any atom is -1.00 e. The molecule has 3 rings (SSSR count). The van der Waals surface area contributed by atoms with Crippen molar-refractivity contribution in [2.45, 2.75) is 12.8 Å². The number of allylic oxidation sites excluding steroid dienone is 8. The van der Waals surface area contributed by atoms with Crippen LogP contribution in [0.5, 0.6) is 0 Å². The molecule has 0 aromatic heterocycles. The van der Waals surface area contributed by atoms with Gasteiger partial charge in [0, 0.05) is 0 Å². The van der Waals surface area contributed by atoms with Crippen LogP contribution in [0.3, 0.4) is 0 Å². The molecule has 0 unspecified atom stereocenters. The first-order chi connectivity index (χ1) is 9.84. The fourth-order valence-corrected chi connectivity index (χ4v) is 8.76. The van der Waals surface area contributed by atoms with E-state index in [1.165, 1.54) is 5.69 Å². The maximum atomic E-state index is 2.54. The molecule has 0 bridgehead atoms. The normalized spacial score (nSPS) is 14.0. The topological polar surface area (TPSA) is 3.24 Å². The number of hydrogen-bond donors (Lipinski definition) is 0. The van der Waals surface area contributed by atoms with Gasteiger partial charge >= 0.3 is 129 Å². The minimum atomic E-state index is -1.82. The fraction of sp³-hybridized carbons (Fsp3) is 0.176. The largest absolute Gasteiger partial charge is 1.00 e. The van der Waals surface area contributed by atoms with Gasteiger partial charge in [0.05, 0.1) is 0 Å². The molecule has 0 spiro atoms. The quantitative estimate of drug-likeness (QED) is 0.519. The predicted octanol–water partition coefficient (Wildman–Crippen LogP) is -2.03. The van der Waals surface area contributed by atoms with Gasteiger partial charge in [-0.3, -0.25) is 0 Å². The van der Waals surface area contributed by atoms with Crippen LogP contribution in [0.2, 0.25) is 0 Å². The van der Waals surface area contributed by atoms with Crippen molar-refractivity contribution < 1.29 is 45.8 Å². The van der Waals surface area contributed by atoms with E-state index >= 15 is 0 Å². The molecule has 2 aliphatic rings. The Labute approximate surface area is 153 Å².